The Morgan fingerprint density at radius 2 is 2.22 bits per heavy atom. The van der Waals surface area contributed by atoms with Crippen molar-refractivity contribution < 1.29 is 14.3 Å². The maximum absolute atomic E-state index is 12.9. The summed E-state index contributed by atoms with van der Waals surface area (Å²) in [6, 6.07) is 9.19. The zero-order chi connectivity index (χ0) is 15.8. The van der Waals surface area contributed by atoms with Crippen molar-refractivity contribution in [3.63, 3.8) is 0 Å². The minimum absolute atomic E-state index is 0.00549. The molecule has 23 heavy (non-hydrogen) atoms. The zero-order valence-corrected chi connectivity index (χ0v) is 12.6. The molecule has 118 valence electrons. The molecule has 0 radical (unpaired) electrons. The molecule has 2 atom stereocenters. The predicted octanol–water partition coefficient (Wildman–Crippen LogP) is 0.964. The molecule has 2 aliphatic heterocycles. The largest absolute Gasteiger partial charge is 0.366 e. The molecule has 2 amide bonds. The van der Waals surface area contributed by atoms with E-state index >= 15 is 0 Å². The maximum atomic E-state index is 12.9. The molecule has 2 aromatic rings. The summed E-state index contributed by atoms with van der Waals surface area (Å²) in [5.41, 5.74) is 1.46. The maximum Gasteiger partial charge on any atom is 0.254 e. The van der Waals surface area contributed by atoms with Crippen molar-refractivity contribution in [2.45, 2.75) is 18.6 Å². The van der Waals surface area contributed by atoms with Gasteiger partial charge in [0.05, 0.1) is 17.7 Å². The van der Waals surface area contributed by atoms with Crippen LogP contribution < -0.4 is 5.32 Å². The summed E-state index contributed by atoms with van der Waals surface area (Å²) in [6.45, 7) is 1.22. The fourth-order valence-corrected chi connectivity index (χ4v) is 3.34. The normalized spacial score (nSPS) is 24.2. The summed E-state index contributed by atoms with van der Waals surface area (Å²) in [4.78, 5) is 30.5. The Labute approximate surface area is 133 Å². The molecule has 1 N–H and O–H groups in total. The number of piperidine rings is 1. The first kappa shape index (κ1) is 14.1. The van der Waals surface area contributed by atoms with Gasteiger partial charge in [0.15, 0.2) is 0 Å². The quantitative estimate of drug-likeness (QED) is 0.852. The lowest BCUT2D eigenvalue weighted by Gasteiger charge is -2.41. The highest BCUT2D eigenvalue weighted by Crippen LogP contribution is 2.22. The topological polar surface area (TPSA) is 71.5 Å². The molecule has 0 aliphatic carbocycles. The number of carbonyl (C=O) groups is 2. The van der Waals surface area contributed by atoms with E-state index in [9.17, 15) is 9.59 Å². The molecular formula is C17H17N3O3. The van der Waals surface area contributed by atoms with Gasteiger partial charge < -0.3 is 15.0 Å². The molecule has 2 aliphatic rings. The van der Waals surface area contributed by atoms with E-state index in [-0.39, 0.29) is 30.6 Å². The van der Waals surface area contributed by atoms with E-state index in [0.29, 0.717) is 18.7 Å². The number of nitrogens with zero attached hydrogens (tertiary/aromatic N) is 2. The van der Waals surface area contributed by atoms with Gasteiger partial charge in [0.1, 0.15) is 6.61 Å². The van der Waals surface area contributed by atoms with Crippen LogP contribution in [-0.4, -0.2) is 53.5 Å². The average Bonchev–Trinajstić information content (AvgIpc) is 2.60. The lowest BCUT2D eigenvalue weighted by Crippen LogP contribution is -2.61. The van der Waals surface area contributed by atoms with E-state index < -0.39 is 0 Å². The lowest BCUT2D eigenvalue weighted by molar-refractivity contribution is -0.139. The van der Waals surface area contributed by atoms with Crippen molar-refractivity contribution in [2.75, 3.05) is 19.7 Å². The van der Waals surface area contributed by atoms with Crippen LogP contribution in [0.15, 0.2) is 36.5 Å². The number of morpholine rings is 1. The van der Waals surface area contributed by atoms with E-state index in [1.54, 1.807) is 11.1 Å². The Kier molecular flexibility index (Phi) is 3.46. The molecule has 0 bridgehead atoms. The highest BCUT2D eigenvalue weighted by Gasteiger charge is 2.36. The van der Waals surface area contributed by atoms with Crippen LogP contribution in [0, 0.1) is 0 Å². The molecule has 0 saturated carbocycles. The Morgan fingerprint density at radius 1 is 1.30 bits per heavy atom. The molecule has 2 saturated heterocycles. The molecule has 6 heteroatoms. The second-order valence-electron chi connectivity index (χ2n) is 5.94. The monoisotopic (exact) mass is 311 g/mol. The second-order valence-corrected chi connectivity index (χ2v) is 5.94. The van der Waals surface area contributed by atoms with Crippen molar-refractivity contribution in [1.82, 2.24) is 15.2 Å². The average molecular weight is 311 g/mol. The van der Waals surface area contributed by atoms with Gasteiger partial charge in [-0.25, -0.2) is 0 Å². The number of fused-ring (bicyclic) bond motifs is 2. The van der Waals surface area contributed by atoms with Crippen molar-refractivity contribution in [2.24, 2.45) is 0 Å². The first-order valence-electron chi connectivity index (χ1n) is 7.76. The van der Waals surface area contributed by atoms with E-state index in [4.69, 9.17) is 4.74 Å². The SMILES string of the molecule is O=C1CO[C@@H]2CCN(C(=O)c3cccc4ncccc34)C[C@@H]2N1. The summed E-state index contributed by atoms with van der Waals surface area (Å²) in [5, 5.41) is 3.77. The van der Waals surface area contributed by atoms with E-state index in [1.807, 2.05) is 30.3 Å². The number of rotatable bonds is 1. The smallest absolute Gasteiger partial charge is 0.254 e. The predicted molar refractivity (Wildman–Crippen MR) is 83.9 cm³/mol. The highest BCUT2D eigenvalue weighted by atomic mass is 16.5. The molecule has 0 unspecified atom stereocenters. The van der Waals surface area contributed by atoms with E-state index in [1.165, 1.54) is 0 Å². The number of amides is 2. The Morgan fingerprint density at radius 3 is 3.13 bits per heavy atom. The van der Waals surface area contributed by atoms with Gasteiger partial charge in [-0.1, -0.05) is 12.1 Å². The van der Waals surface area contributed by atoms with Crippen molar-refractivity contribution in [3.8, 4) is 0 Å². The molecule has 1 aromatic heterocycles. The van der Waals surface area contributed by atoms with Gasteiger partial charge in [0, 0.05) is 30.2 Å². The number of pyridine rings is 1. The van der Waals surface area contributed by atoms with E-state index in [2.05, 4.69) is 10.3 Å². The minimum atomic E-state index is -0.123. The van der Waals surface area contributed by atoms with Gasteiger partial charge in [0.25, 0.3) is 5.91 Å². The molecule has 4 rings (SSSR count). The van der Waals surface area contributed by atoms with Gasteiger partial charge in [-0.3, -0.25) is 14.6 Å². The van der Waals surface area contributed by atoms with Crippen LogP contribution in [0.5, 0.6) is 0 Å². The highest BCUT2D eigenvalue weighted by molar-refractivity contribution is 6.06. The van der Waals surface area contributed by atoms with Gasteiger partial charge >= 0.3 is 0 Å². The summed E-state index contributed by atoms with van der Waals surface area (Å²) < 4.78 is 5.54. The third-order valence-corrected chi connectivity index (χ3v) is 4.49. The first-order chi connectivity index (χ1) is 11.2. The zero-order valence-electron chi connectivity index (χ0n) is 12.6. The minimum Gasteiger partial charge on any atom is -0.366 e. The molecule has 2 fully saturated rings. The Bertz CT molecular complexity index is 771. The fraction of sp³-hybridized carbons (Fsp3) is 0.353. The van der Waals surface area contributed by atoms with Gasteiger partial charge in [0.2, 0.25) is 5.91 Å². The number of likely N-dealkylation sites (tertiary alicyclic amines) is 1. The third kappa shape index (κ3) is 2.55. The first-order valence-corrected chi connectivity index (χ1v) is 7.76. The standard InChI is InChI=1S/C17H17N3O3/c21-16-10-23-15-6-8-20(9-14(15)19-16)17(22)12-3-1-5-13-11(12)4-2-7-18-13/h1-5,7,14-15H,6,8-10H2,(H,19,21)/t14-,15+/m0/s1. The molecule has 6 nitrogen and oxygen atoms in total. The fourth-order valence-electron chi connectivity index (χ4n) is 3.34. The van der Waals surface area contributed by atoms with Crippen LogP contribution in [-0.2, 0) is 9.53 Å². The Hall–Kier alpha value is -2.47. The van der Waals surface area contributed by atoms with Crippen LogP contribution in [0.3, 0.4) is 0 Å². The summed E-state index contributed by atoms with van der Waals surface area (Å²) >= 11 is 0. The number of carbonyl (C=O) groups excluding carboxylic acids is 2. The molecule has 1 aromatic carbocycles. The van der Waals surface area contributed by atoms with Crippen molar-refractivity contribution in [1.29, 1.82) is 0 Å². The van der Waals surface area contributed by atoms with Gasteiger partial charge in [-0.05, 0) is 24.6 Å². The number of benzene rings is 1. The summed E-state index contributed by atoms with van der Waals surface area (Å²) in [5.74, 6) is -0.142. The number of ether oxygens (including phenoxy) is 1. The lowest BCUT2D eigenvalue weighted by atomic mass is 9.99. The number of hydrogen-bond acceptors (Lipinski definition) is 4. The van der Waals surface area contributed by atoms with Crippen LogP contribution in [0.4, 0.5) is 0 Å². The molecule has 0 spiro atoms. The van der Waals surface area contributed by atoms with Crippen molar-refractivity contribution in [3.05, 3.63) is 42.1 Å². The number of hydrogen-bond donors (Lipinski definition) is 1. The molecule has 3 heterocycles. The van der Waals surface area contributed by atoms with Gasteiger partial charge in [-0.2, -0.15) is 0 Å². The number of aromatic nitrogens is 1. The van der Waals surface area contributed by atoms with Gasteiger partial charge in [-0.15, -0.1) is 0 Å². The third-order valence-electron chi connectivity index (χ3n) is 4.49. The van der Waals surface area contributed by atoms with Crippen LogP contribution in [0.2, 0.25) is 0 Å². The van der Waals surface area contributed by atoms with Crippen LogP contribution in [0.1, 0.15) is 16.8 Å². The van der Waals surface area contributed by atoms with Crippen molar-refractivity contribution >= 4 is 22.7 Å². The second kappa shape index (κ2) is 5.62. The number of nitrogens with one attached hydrogen (secondary N) is 1. The van der Waals surface area contributed by atoms with Crippen LogP contribution in [0.25, 0.3) is 10.9 Å². The van der Waals surface area contributed by atoms with E-state index in [0.717, 1.165) is 17.3 Å². The Balaban J connectivity index is 1.60. The summed E-state index contributed by atoms with van der Waals surface area (Å²) in [7, 11) is 0. The van der Waals surface area contributed by atoms with Crippen LogP contribution >= 0.6 is 0 Å². The summed E-state index contributed by atoms with van der Waals surface area (Å²) in [6.07, 6.45) is 2.46. The molecular weight excluding hydrogens is 294 g/mol.